The number of nitrogens with one attached hydrogen (secondary N) is 1. The maximum Gasteiger partial charge on any atom is 0.266 e. The summed E-state index contributed by atoms with van der Waals surface area (Å²) in [5.41, 5.74) is 4.94. The summed E-state index contributed by atoms with van der Waals surface area (Å²) in [6.45, 7) is 2.80. The van der Waals surface area contributed by atoms with Crippen molar-refractivity contribution in [3.05, 3.63) is 80.1 Å². The molecule has 4 rings (SSSR count). The van der Waals surface area contributed by atoms with Gasteiger partial charge in [0, 0.05) is 18.7 Å². The molecular weight excluding hydrogens is 390 g/mol. The number of carbonyl (C=O) groups is 1. The van der Waals surface area contributed by atoms with Crippen LogP contribution in [0.25, 0.3) is 11.3 Å². The Morgan fingerprint density at radius 2 is 1.93 bits per heavy atom. The summed E-state index contributed by atoms with van der Waals surface area (Å²) in [6.07, 6.45) is 0.632. The molecule has 0 saturated heterocycles. The topological polar surface area (TPSA) is 73.2 Å². The largest absolute Gasteiger partial charge is 0.489 e. The number of ether oxygens (including phenoxy) is 1. The maximum absolute atomic E-state index is 12.3. The fourth-order valence-corrected chi connectivity index (χ4v) is 3.63. The number of fused-ring (bicyclic) bond motifs is 1. The Balaban J connectivity index is 1.64. The van der Waals surface area contributed by atoms with Gasteiger partial charge in [0.25, 0.3) is 11.5 Å². The number of rotatable bonds is 3. The summed E-state index contributed by atoms with van der Waals surface area (Å²) in [7, 11) is 1.63. The van der Waals surface area contributed by atoms with Crippen molar-refractivity contribution in [1.29, 1.82) is 0 Å². The highest BCUT2D eigenvalue weighted by Gasteiger charge is 2.22. The van der Waals surface area contributed by atoms with Crippen LogP contribution in [0.4, 0.5) is 0 Å². The highest BCUT2D eigenvalue weighted by molar-refractivity contribution is 6.33. The van der Waals surface area contributed by atoms with Crippen LogP contribution in [-0.4, -0.2) is 28.8 Å². The Hall–Kier alpha value is -3.12. The van der Waals surface area contributed by atoms with Crippen molar-refractivity contribution < 1.29 is 9.53 Å². The van der Waals surface area contributed by atoms with Crippen LogP contribution >= 0.6 is 11.6 Å². The van der Waals surface area contributed by atoms with Crippen molar-refractivity contribution in [2.45, 2.75) is 13.3 Å². The van der Waals surface area contributed by atoms with Gasteiger partial charge in [0.1, 0.15) is 6.61 Å². The van der Waals surface area contributed by atoms with E-state index < -0.39 is 0 Å². The Morgan fingerprint density at radius 3 is 2.66 bits per heavy atom. The molecule has 1 aromatic heterocycles. The van der Waals surface area contributed by atoms with Crippen LogP contribution in [0.2, 0.25) is 5.02 Å². The quantitative estimate of drug-likeness (QED) is 0.721. The van der Waals surface area contributed by atoms with Crippen LogP contribution in [0.1, 0.15) is 27.0 Å². The van der Waals surface area contributed by atoms with Gasteiger partial charge in [-0.25, -0.2) is 4.68 Å². The van der Waals surface area contributed by atoms with Gasteiger partial charge >= 0.3 is 0 Å². The first-order valence-electron chi connectivity index (χ1n) is 9.30. The lowest BCUT2D eigenvalue weighted by atomic mass is 9.96. The first kappa shape index (κ1) is 19.2. The van der Waals surface area contributed by atoms with E-state index in [0.717, 1.165) is 27.9 Å². The molecule has 2 heterocycles. The summed E-state index contributed by atoms with van der Waals surface area (Å²) >= 11 is 6.51. The first-order valence-corrected chi connectivity index (χ1v) is 9.68. The van der Waals surface area contributed by atoms with Crippen LogP contribution < -0.4 is 15.6 Å². The number of halogens is 1. The second kappa shape index (κ2) is 7.72. The maximum atomic E-state index is 12.3. The Kier molecular flexibility index (Phi) is 5.11. The lowest BCUT2D eigenvalue weighted by Crippen LogP contribution is -2.24. The number of hydrogen-bond donors (Lipinski definition) is 1. The number of aromatic nitrogens is 2. The number of benzene rings is 2. The summed E-state index contributed by atoms with van der Waals surface area (Å²) in [5, 5.41) is 7.58. The monoisotopic (exact) mass is 409 g/mol. The van der Waals surface area contributed by atoms with E-state index >= 15 is 0 Å². The molecule has 0 aliphatic carbocycles. The third kappa shape index (κ3) is 3.76. The number of amides is 1. The number of hydrogen-bond acceptors (Lipinski definition) is 4. The number of aryl methyl sites for hydroxylation is 1. The second-order valence-electron chi connectivity index (χ2n) is 7.01. The molecule has 2 aromatic carbocycles. The number of nitrogens with zero attached hydrogens (tertiary/aromatic N) is 2. The van der Waals surface area contributed by atoms with E-state index in [-0.39, 0.29) is 11.5 Å². The smallest absolute Gasteiger partial charge is 0.266 e. The average molecular weight is 410 g/mol. The minimum absolute atomic E-state index is 0.144. The molecule has 1 amide bonds. The first-order chi connectivity index (χ1) is 13.9. The molecule has 1 aliphatic heterocycles. The van der Waals surface area contributed by atoms with Gasteiger partial charge in [-0.3, -0.25) is 9.59 Å². The lowest BCUT2D eigenvalue weighted by Gasteiger charge is -2.15. The van der Waals surface area contributed by atoms with E-state index in [0.29, 0.717) is 35.9 Å². The zero-order valence-corrected chi connectivity index (χ0v) is 16.9. The molecule has 0 spiro atoms. The predicted molar refractivity (Wildman–Crippen MR) is 112 cm³/mol. The second-order valence-corrected chi connectivity index (χ2v) is 7.39. The molecule has 148 valence electrons. The molecule has 0 unspecified atom stereocenters. The molecule has 6 nitrogen and oxygen atoms in total. The average Bonchev–Trinajstić information content (AvgIpc) is 2.90. The lowest BCUT2D eigenvalue weighted by molar-refractivity contribution is 0.0957. The minimum atomic E-state index is -0.170. The fraction of sp³-hybridized carbons (Fsp3) is 0.227. The van der Waals surface area contributed by atoms with Crippen LogP contribution in [0.5, 0.6) is 5.75 Å². The molecule has 0 radical (unpaired) electrons. The number of carbonyl (C=O) groups excluding carboxylic acids is 1. The van der Waals surface area contributed by atoms with Crippen LogP contribution in [0.3, 0.4) is 0 Å². The Labute approximate surface area is 173 Å². The fourth-order valence-electron chi connectivity index (χ4n) is 3.35. The summed E-state index contributed by atoms with van der Waals surface area (Å²) in [6, 6.07) is 13.0. The van der Waals surface area contributed by atoms with Gasteiger partial charge in [-0.1, -0.05) is 35.9 Å². The van der Waals surface area contributed by atoms with Crippen LogP contribution in [0.15, 0.2) is 47.3 Å². The van der Waals surface area contributed by atoms with Gasteiger partial charge in [0.05, 0.1) is 22.8 Å². The highest BCUT2D eigenvalue weighted by Crippen LogP contribution is 2.36. The van der Waals surface area contributed by atoms with Crippen LogP contribution in [-0.2, 0) is 13.5 Å². The van der Waals surface area contributed by atoms with E-state index in [1.54, 1.807) is 13.1 Å². The van der Waals surface area contributed by atoms with Gasteiger partial charge in [-0.05, 0) is 42.2 Å². The normalized spacial score (nSPS) is 13.3. The molecule has 3 aromatic rings. The van der Waals surface area contributed by atoms with Crippen molar-refractivity contribution in [2.24, 2.45) is 7.05 Å². The van der Waals surface area contributed by atoms with Gasteiger partial charge < -0.3 is 10.1 Å². The van der Waals surface area contributed by atoms with E-state index in [2.05, 4.69) is 10.4 Å². The van der Waals surface area contributed by atoms with E-state index in [9.17, 15) is 9.59 Å². The van der Waals surface area contributed by atoms with Crippen molar-refractivity contribution in [3.8, 4) is 17.0 Å². The Bertz CT molecular complexity index is 1150. The van der Waals surface area contributed by atoms with Crippen molar-refractivity contribution in [3.63, 3.8) is 0 Å². The third-order valence-electron chi connectivity index (χ3n) is 5.06. The van der Waals surface area contributed by atoms with Crippen molar-refractivity contribution in [2.75, 3.05) is 13.2 Å². The van der Waals surface area contributed by atoms with E-state index in [4.69, 9.17) is 16.3 Å². The Morgan fingerprint density at radius 1 is 1.17 bits per heavy atom. The van der Waals surface area contributed by atoms with Crippen molar-refractivity contribution in [1.82, 2.24) is 15.1 Å². The zero-order chi connectivity index (χ0) is 20.5. The molecule has 1 aliphatic rings. The van der Waals surface area contributed by atoms with Gasteiger partial charge in [-0.2, -0.15) is 5.10 Å². The van der Waals surface area contributed by atoms with E-state index in [1.165, 1.54) is 10.7 Å². The molecule has 7 heteroatoms. The zero-order valence-electron chi connectivity index (χ0n) is 16.2. The molecule has 0 fully saturated rings. The molecule has 29 heavy (non-hydrogen) atoms. The van der Waals surface area contributed by atoms with Gasteiger partial charge in [0.15, 0.2) is 5.75 Å². The minimum Gasteiger partial charge on any atom is -0.489 e. The summed E-state index contributed by atoms with van der Waals surface area (Å²) < 4.78 is 6.99. The standard InChI is InChI=1S/C22H20ClN3O3/c1-13-16(12-17-21(20(13)23)29-10-9-24-22(17)28)11-14-3-5-15(6-4-14)18-7-8-19(27)26(2)25-18/h3-8,12H,9-11H2,1-2H3,(H,24,28). The molecule has 0 atom stereocenters. The molecular formula is C22H20ClN3O3. The SMILES string of the molecule is Cc1c(Cc2ccc(-c3ccc(=O)n(C)n3)cc2)cc2c(c1Cl)OCCNC2=O. The molecule has 0 saturated carbocycles. The van der Waals surface area contributed by atoms with E-state index in [1.807, 2.05) is 37.3 Å². The molecule has 0 bridgehead atoms. The predicted octanol–water partition coefficient (Wildman–Crippen LogP) is 3.12. The summed E-state index contributed by atoms with van der Waals surface area (Å²) in [5.74, 6) is 0.288. The highest BCUT2D eigenvalue weighted by atomic mass is 35.5. The van der Waals surface area contributed by atoms with Crippen molar-refractivity contribution >= 4 is 17.5 Å². The van der Waals surface area contributed by atoms with Gasteiger partial charge in [0.2, 0.25) is 0 Å². The van der Waals surface area contributed by atoms with Crippen LogP contribution in [0, 0.1) is 6.92 Å². The summed E-state index contributed by atoms with van der Waals surface area (Å²) in [4.78, 5) is 23.9. The van der Waals surface area contributed by atoms with Gasteiger partial charge in [-0.15, -0.1) is 0 Å². The third-order valence-corrected chi connectivity index (χ3v) is 5.51. The molecule has 1 N–H and O–H groups in total.